The van der Waals surface area contributed by atoms with E-state index in [0.717, 1.165) is 0 Å². The van der Waals surface area contributed by atoms with Crippen LogP contribution in [0.5, 0.6) is 0 Å². The second-order valence-corrected chi connectivity index (χ2v) is 18.5. The van der Waals surface area contributed by atoms with Crippen molar-refractivity contribution in [2.24, 2.45) is 0 Å². The minimum atomic E-state index is -0.145. The highest BCUT2D eigenvalue weighted by Crippen LogP contribution is 2.62. The third kappa shape index (κ3) is 4.07. The lowest BCUT2D eigenvalue weighted by Crippen LogP contribution is -2.53. The molecule has 0 radical (unpaired) electrons. The van der Waals surface area contributed by atoms with Gasteiger partial charge in [-0.25, -0.2) is 0 Å². The van der Waals surface area contributed by atoms with Gasteiger partial charge >= 0.3 is 6.85 Å². The second kappa shape index (κ2) is 11.2. The van der Waals surface area contributed by atoms with E-state index in [-0.39, 0.29) is 17.7 Å². The molecule has 270 valence electrons. The Hall–Kier alpha value is -4.57. The number of aryl methyl sites for hydroxylation is 2. The lowest BCUT2D eigenvalue weighted by Gasteiger charge is -2.30. The van der Waals surface area contributed by atoms with Crippen molar-refractivity contribution in [3.8, 4) is 39.1 Å². The van der Waals surface area contributed by atoms with Gasteiger partial charge in [0, 0.05) is 16.4 Å². The third-order valence-electron chi connectivity index (χ3n) is 14.9. The Morgan fingerprint density at radius 3 is 1.96 bits per heavy atom. The summed E-state index contributed by atoms with van der Waals surface area (Å²) in [7, 11) is 0. The number of fused-ring (bicyclic) bond motifs is 9. The first-order chi connectivity index (χ1) is 26.1. The predicted octanol–water partition coefficient (Wildman–Crippen LogP) is 11.0. The molecule has 0 saturated heterocycles. The Morgan fingerprint density at radius 1 is 0.667 bits per heavy atom. The first-order valence-electron chi connectivity index (χ1n) is 21.0. The topological polar surface area (TPSA) is 26.9 Å². The van der Waals surface area contributed by atoms with Gasteiger partial charge < -0.3 is 0 Å². The maximum Gasteiger partial charge on any atom is 0.354 e. The molecule has 6 aromatic rings. The minimum absolute atomic E-state index is 0.0326. The summed E-state index contributed by atoms with van der Waals surface area (Å²) in [5, 5.41) is 2.60. The number of rotatable bonds is 4. The Balaban J connectivity index is 1.30. The van der Waals surface area contributed by atoms with E-state index in [0.29, 0.717) is 17.4 Å². The largest absolute Gasteiger partial charge is 0.354 e. The Bertz CT molecular complexity index is 2610. The van der Waals surface area contributed by atoms with Crippen LogP contribution in [-0.4, -0.2) is 16.1 Å². The SMILES string of the molecule is Cc1cccc(C)c1-c1ccc2c3c(cccc13)-c1cc(-c3c(C(C)C)cccc3C(C)C)cc3c1B2n1c(=O)c2c(n1-3)C1(CCCC1)CC21CCCC1. The van der Waals surface area contributed by atoms with Crippen molar-refractivity contribution in [3.05, 3.63) is 123 Å². The van der Waals surface area contributed by atoms with Crippen molar-refractivity contribution in [2.45, 2.75) is 122 Å². The van der Waals surface area contributed by atoms with E-state index in [1.54, 1.807) is 0 Å². The quantitative estimate of drug-likeness (QED) is 0.167. The van der Waals surface area contributed by atoms with E-state index >= 15 is 4.79 Å². The molecule has 2 fully saturated rings. The van der Waals surface area contributed by atoms with Gasteiger partial charge in [-0.15, -0.1) is 0 Å². The molecule has 0 N–H and O–H groups in total. The van der Waals surface area contributed by atoms with E-state index in [2.05, 4.69) is 130 Å². The third-order valence-corrected chi connectivity index (χ3v) is 14.9. The zero-order chi connectivity index (χ0) is 36.8. The Kier molecular flexibility index (Phi) is 6.84. The lowest BCUT2D eigenvalue weighted by molar-refractivity contribution is 0.311. The fourth-order valence-electron chi connectivity index (χ4n) is 12.8. The van der Waals surface area contributed by atoms with Crippen LogP contribution in [0, 0.1) is 13.8 Å². The number of aromatic nitrogens is 2. The van der Waals surface area contributed by atoms with Gasteiger partial charge in [-0.05, 0) is 147 Å². The highest BCUT2D eigenvalue weighted by molar-refractivity contribution is 6.89. The molecule has 5 aliphatic rings. The van der Waals surface area contributed by atoms with Crippen LogP contribution in [0.2, 0.25) is 0 Å². The smallest absolute Gasteiger partial charge is 0.281 e. The molecular formula is C50H51BN2O. The molecule has 3 nitrogen and oxygen atoms in total. The van der Waals surface area contributed by atoms with Crippen molar-refractivity contribution in [1.29, 1.82) is 0 Å². The summed E-state index contributed by atoms with van der Waals surface area (Å²) in [6, 6.07) is 30.4. The van der Waals surface area contributed by atoms with Gasteiger partial charge in [-0.2, -0.15) is 0 Å². The highest BCUT2D eigenvalue weighted by atomic mass is 16.1. The Labute approximate surface area is 320 Å². The summed E-state index contributed by atoms with van der Waals surface area (Å²) in [6.45, 7) is 13.7. The van der Waals surface area contributed by atoms with Gasteiger partial charge in [0.2, 0.25) is 0 Å². The standard InChI is InChI=1S/C50H51BN2O/c1-29(2)34-16-12-17-35(30(3)4)43(34)33-26-39-37-19-13-18-36-38(42-31(5)14-11-15-32(42)6)20-21-40(44(36)37)51-46(39)41(27-33)52-47-45(48(54)53(51)52)49(22-7-8-23-49)28-50(47)24-9-10-25-50/h11-21,26-27,29-30H,7-10,22-25,28H2,1-6H3. The average Bonchev–Trinajstić information content (AvgIpc) is 3.99. The first kappa shape index (κ1) is 32.8. The zero-order valence-electron chi connectivity index (χ0n) is 32.9. The Morgan fingerprint density at radius 2 is 1.30 bits per heavy atom. The molecule has 2 saturated carbocycles. The number of hydrogen-bond donors (Lipinski definition) is 0. The molecule has 4 heteroatoms. The molecule has 3 aliphatic carbocycles. The second-order valence-electron chi connectivity index (χ2n) is 18.5. The molecule has 11 rings (SSSR count). The highest BCUT2D eigenvalue weighted by Gasteiger charge is 2.60. The van der Waals surface area contributed by atoms with Crippen molar-refractivity contribution < 1.29 is 0 Å². The summed E-state index contributed by atoms with van der Waals surface area (Å²) in [5.41, 5.74) is 20.2. The van der Waals surface area contributed by atoms with Crippen LogP contribution in [0.25, 0.3) is 49.8 Å². The number of nitrogens with zero attached hydrogens (tertiary/aromatic N) is 2. The molecule has 0 bridgehead atoms. The predicted molar refractivity (Wildman–Crippen MR) is 227 cm³/mol. The van der Waals surface area contributed by atoms with Crippen LogP contribution in [0.4, 0.5) is 0 Å². The van der Waals surface area contributed by atoms with Gasteiger partial charge in [0.15, 0.2) is 0 Å². The van der Waals surface area contributed by atoms with Crippen molar-refractivity contribution >= 4 is 28.5 Å². The van der Waals surface area contributed by atoms with Gasteiger partial charge in [0.25, 0.3) is 5.56 Å². The monoisotopic (exact) mass is 706 g/mol. The summed E-state index contributed by atoms with van der Waals surface area (Å²) < 4.78 is 4.83. The summed E-state index contributed by atoms with van der Waals surface area (Å²) in [4.78, 5) is 15.6. The molecule has 1 aromatic heterocycles. The molecule has 0 amide bonds. The number of benzene rings is 5. The van der Waals surface area contributed by atoms with Crippen LogP contribution in [0.3, 0.4) is 0 Å². The molecule has 2 aliphatic heterocycles. The van der Waals surface area contributed by atoms with Gasteiger partial charge in [-0.3, -0.25) is 14.1 Å². The van der Waals surface area contributed by atoms with E-state index in [4.69, 9.17) is 0 Å². The van der Waals surface area contributed by atoms with Gasteiger partial charge in [-0.1, -0.05) is 120 Å². The maximum absolute atomic E-state index is 15.6. The fourth-order valence-corrected chi connectivity index (χ4v) is 12.8. The van der Waals surface area contributed by atoms with E-state index in [1.807, 2.05) is 0 Å². The van der Waals surface area contributed by atoms with E-state index in [9.17, 15) is 0 Å². The van der Waals surface area contributed by atoms with Crippen molar-refractivity contribution in [3.63, 3.8) is 0 Å². The maximum atomic E-state index is 15.6. The van der Waals surface area contributed by atoms with Crippen LogP contribution in [0.15, 0.2) is 83.7 Å². The van der Waals surface area contributed by atoms with Crippen molar-refractivity contribution in [2.75, 3.05) is 0 Å². The molecule has 0 atom stereocenters. The average molecular weight is 707 g/mol. The van der Waals surface area contributed by atoms with Gasteiger partial charge in [0.05, 0.1) is 11.4 Å². The molecule has 5 aromatic carbocycles. The normalized spacial score (nSPS) is 18.2. The lowest BCUT2D eigenvalue weighted by atomic mass is 9.46. The van der Waals surface area contributed by atoms with Gasteiger partial charge in [0.1, 0.15) is 0 Å². The first-order valence-corrected chi connectivity index (χ1v) is 21.0. The molecule has 0 unspecified atom stereocenters. The molecule has 3 heterocycles. The van der Waals surface area contributed by atoms with E-state index < -0.39 is 0 Å². The van der Waals surface area contributed by atoms with Crippen LogP contribution < -0.4 is 16.5 Å². The van der Waals surface area contributed by atoms with E-state index in [1.165, 1.54) is 152 Å². The fraction of sp³-hybridized carbons (Fsp3) is 0.380. The van der Waals surface area contributed by atoms with Crippen molar-refractivity contribution in [1.82, 2.24) is 9.27 Å². The number of hydrogen-bond acceptors (Lipinski definition) is 1. The van der Waals surface area contributed by atoms with Crippen LogP contribution in [-0.2, 0) is 10.8 Å². The van der Waals surface area contributed by atoms with Crippen LogP contribution in [0.1, 0.15) is 131 Å². The molecule has 2 spiro atoms. The summed E-state index contributed by atoms with van der Waals surface area (Å²) >= 11 is 0. The molecule has 54 heavy (non-hydrogen) atoms. The zero-order valence-corrected chi connectivity index (χ0v) is 32.9. The molecular weight excluding hydrogens is 655 g/mol. The minimum Gasteiger partial charge on any atom is -0.281 e. The summed E-state index contributed by atoms with van der Waals surface area (Å²) in [6.07, 6.45) is 10.9. The summed E-state index contributed by atoms with van der Waals surface area (Å²) in [5.74, 6) is 0.774. The van der Waals surface area contributed by atoms with Crippen LogP contribution >= 0.6 is 0 Å².